The number of nitrogens with zero attached hydrogens (tertiary/aromatic N) is 3. The van der Waals surface area contributed by atoms with E-state index in [2.05, 4.69) is 139 Å². The number of oxazole rings is 1. The second-order valence-corrected chi connectivity index (χ2v) is 12.9. The average molecular weight is 655 g/mol. The summed E-state index contributed by atoms with van der Waals surface area (Å²) in [4.78, 5) is 15.1. The molecule has 0 saturated heterocycles. The molecular weight excluding hydrogens is 625 g/mol. The Morgan fingerprint density at radius 2 is 1.12 bits per heavy atom. The summed E-state index contributed by atoms with van der Waals surface area (Å²) in [6, 6.07) is 59.0. The van der Waals surface area contributed by atoms with Crippen LogP contribution in [0.1, 0.15) is 22.9 Å². The third-order valence-corrected chi connectivity index (χ3v) is 9.70. The molecule has 0 fully saturated rings. The lowest BCUT2D eigenvalue weighted by Gasteiger charge is -2.24. The molecule has 1 aliphatic heterocycles. The van der Waals surface area contributed by atoms with Crippen molar-refractivity contribution < 1.29 is 4.42 Å². The SMILES string of the molecule is c1ccc(-c2nc3ccc4cc(-c5cccc(C6=NC(c7ccc8ccccc8c7)NC(c7ccc8ccccc8c7)=N6)c5)ccc4c3o2)cc1. The van der Waals surface area contributed by atoms with Gasteiger partial charge in [0.05, 0.1) is 0 Å². The highest BCUT2D eigenvalue weighted by molar-refractivity contribution is 6.14. The molecule has 0 radical (unpaired) electrons. The van der Waals surface area contributed by atoms with Crippen molar-refractivity contribution in [3.8, 4) is 22.6 Å². The van der Waals surface area contributed by atoms with Crippen molar-refractivity contribution >= 4 is 55.1 Å². The second-order valence-electron chi connectivity index (χ2n) is 12.9. The largest absolute Gasteiger partial charge is 0.435 e. The lowest BCUT2D eigenvalue weighted by atomic mass is 9.98. The Kier molecular flexibility index (Phi) is 6.81. The van der Waals surface area contributed by atoms with Crippen molar-refractivity contribution in [2.75, 3.05) is 0 Å². The van der Waals surface area contributed by atoms with Crippen LogP contribution >= 0.6 is 0 Å². The number of hydrogen-bond donors (Lipinski definition) is 1. The van der Waals surface area contributed by atoms with Gasteiger partial charge in [-0.15, -0.1) is 0 Å². The molecule has 240 valence electrons. The van der Waals surface area contributed by atoms with Gasteiger partial charge >= 0.3 is 0 Å². The highest BCUT2D eigenvalue weighted by Gasteiger charge is 2.22. The van der Waals surface area contributed by atoms with Crippen LogP contribution < -0.4 is 5.32 Å². The predicted molar refractivity (Wildman–Crippen MR) is 209 cm³/mol. The maximum Gasteiger partial charge on any atom is 0.227 e. The van der Waals surface area contributed by atoms with Crippen LogP contribution in [-0.4, -0.2) is 16.7 Å². The summed E-state index contributed by atoms with van der Waals surface area (Å²) in [7, 11) is 0. The maximum absolute atomic E-state index is 6.30. The molecule has 51 heavy (non-hydrogen) atoms. The van der Waals surface area contributed by atoms with Gasteiger partial charge in [-0.3, -0.25) is 0 Å². The summed E-state index contributed by atoms with van der Waals surface area (Å²) < 4.78 is 6.30. The first kappa shape index (κ1) is 29.1. The molecule has 8 aromatic carbocycles. The molecular formula is C46H30N4O. The van der Waals surface area contributed by atoms with Gasteiger partial charge in [0.2, 0.25) is 5.89 Å². The molecule has 5 heteroatoms. The number of amidine groups is 2. The number of hydrogen-bond acceptors (Lipinski definition) is 5. The van der Waals surface area contributed by atoms with Gasteiger partial charge in [0, 0.05) is 22.1 Å². The molecule has 1 aromatic heterocycles. The minimum absolute atomic E-state index is 0.307. The summed E-state index contributed by atoms with van der Waals surface area (Å²) in [5.74, 6) is 2.11. The monoisotopic (exact) mass is 654 g/mol. The summed E-state index contributed by atoms with van der Waals surface area (Å²) in [5, 5.41) is 10.5. The molecule has 1 unspecified atom stereocenters. The lowest BCUT2D eigenvalue weighted by molar-refractivity contribution is 0.623. The van der Waals surface area contributed by atoms with E-state index in [1.54, 1.807) is 0 Å². The van der Waals surface area contributed by atoms with Gasteiger partial charge in [0.15, 0.2) is 11.4 Å². The molecule has 5 nitrogen and oxygen atoms in total. The molecule has 9 aromatic rings. The van der Waals surface area contributed by atoms with E-state index in [0.29, 0.717) is 11.7 Å². The zero-order valence-corrected chi connectivity index (χ0v) is 27.5. The summed E-state index contributed by atoms with van der Waals surface area (Å²) in [6.45, 7) is 0. The third kappa shape index (κ3) is 5.32. The molecule has 0 saturated carbocycles. The Bertz CT molecular complexity index is 2850. The standard InChI is InChI=1S/C46H30N4O/c1-2-11-31(12-3-1)46-47-41-24-22-36-25-35(21-23-40(36)42(41)51-46)34-15-8-16-37(28-34)43-48-44(38-19-17-29-9-4-6-13-32(29)26-38)50-45(49-43)39-20-18-30-10-5-7-14-33(30)27-39/h1-28,44H,(H,48,49,50). The van der Waals surface area contributed by atoms with Crippen LogP contribution in [0.5, 0.6) is 0 Å². The van der Waals surface area contributed by atoms with Gasteiger partial charge in [0.1, 0.15) is 17.5 Å². The topological polar surface area (TPSA) is 62.8 Å². The summed E-state index contributed by atoms with van der Waals surface area (Å²) in [5.41, 5.74) is 7.86. The van der Waals surface area contributed by atoms with Crippen LogP contribution in [0.2, 0.25) is 0 Å². The van der Waals surface area contributed by atoms with Crippen LogP contribution in [-0.2, 0) is 0 Å². The van der Waals surface area contributed by atoms with Crippen molar-refractivity contribution in [1.82, 2.24) is 10.3 Å². The molecule has 2 heterocycles. The van der Waals surface area contributed by atoms with Crippen LogP contribution in [0.25, 0.3) is 66.0 Å². The zero-order chi connectivity index (χ0) is 33.7. The fourth-order valence-electron chi connectivity index (χ4n) is 7.05. The molecule has 0 bridgehead atoms. The van der Waals surface area contributed by atoms with Gasteiger partial charge in [-0.1, -0.05) is 121 Å². The van der Waals surface area contributed by atoms with Crippen molar-refractivity contribution in [3.63, 3.8) is 0 Å². The summed E-state index contributed by atoms with van der Waals surface area (Å²) >= 11 is 0. The fourth-order valence-corrected chi connectivity index (χ4v) is 7.05. The molecule has 1 aliphatic rings. The molecule has 1 atom stereocenters. The van der Waals surface area contributed by atoms with E-state index in [-0.39, 0.29) is 6.17 Å². The van der Waals surface area contributed by atoms with Crippen LogP contribution in [0.3, 0.4) is 0 Å². The lowest BCUT2D eigenvalue weighted by Crippen LogP contribution is -2.33. The Hall–Kier alpha value is -6.85. The Balaban J connectivity index is 1.05. The quantitative estimate of drug-likeness (QED) is 0.201. The van der Waals surface area contributed by atoms with Gasteiger partial charge in [-0.25, -0.2) is 15.0 Å². The smallest absolute Gasteiger partial charge is 0.227 e. The van der Waals surface area contributed by atoms with Crippen LogP contribution in [0.15, 0.2) is 184 Å². The van der Waals surface area contributed by atoms with E-state index in [4.69, 9.17) is 19.4 Å². The number of benzene rings is 8. The van der Waals surface area contributed by atoms with E-state index in [1.807, 2.05) is 36.4 Å². The second kappa shape index (κ2) is 11.9. The third-order valence-electron chi connectivity index (χ3n) is 9.70. The Labute approximate surface area is 294 Å². The zero-order valence-electron chi connectivity index (χ0n) is 27.5. The number of rotatable bonds is 5. The van der Waals surface area contributed by atoms with Gasteiger partial charge in [-0.05, 0) is 92.2 Å². The molecule has 10 rings (SSSR count). The van der Waals surface area contributed by atoms with Crippen molar-refractivity contribution in [2.45, 2.75) is 6.17 Å². The molecule has 0 amide bonds. The highest BCUT2D eigenvalue weighted by atomic mass is 16.3. The number of fused-ring (bicyclic) bond motifs is 5. The van der Waals surface area contributed by atoms with E-state index >= 15 is 0 Å². The first-order valence-corrected chi connectivity index (χ1v) is 17.1. The van der Waals surface area contributed by atoms with Gasteiger partial charge in [-0.2, -0.15) is 0 Å². The van der Waals surface area contributed by atoms with Gasteiger partial charge in [0.25, 0.3) is 0 Å². The van der Waals surface area contributed by atoms with E-state index in [1.165, 1.54) is 21.5 Å². The molecule has 1 N–H and O–H groups in total. The van der Waals surface area contributed by atoms with Gasteiger partial charge < -0.3 is 9.73 Å². The van der Waals surface area contributed by atoms with Crippen molar-refractivity contribution in [3.05, 3.63) is 187 Å². The Morgan fingerprint density at radius 3 is 1.96 bits per heavy atom. The van der Waals surface area contributed by atoms with E-state index in [0.717, 1.165) is 61.1 Å². The minimum atomic E-state index is -0.307. The van der Waals surface area contributed by atoms with Crippen molar-refractivity contribution in [2.24, 2.45) is 9.98 Å². The number of nitrogens with one attached hydrogen (secondary N) is 1. The average Bonchev–Trinajstić information content (AvgIpc) is 3.66. The highest BCUT2D eigenvalue weighted by Crippen LogP contribution is 2.34. The van der Waals surface area contributed by atoms with Crippen LogP contribution in [0.4, 0.5) is 0 Å². The van der Waals surface area contributed by atoms with Crippen molar-refractivity contribution in [1.29, 1.82) is 0 Å². The summed E-state index contributed by atoms with van der Waals surface area (Å²) in [6.07, 6.45) is -0.307. The normalized spacial score (nSPS) is 14.5. The Morgan fingerprint density at radius 1 is 0.471 bits per heavy atom. The fraction of sp³-hybridized carbons (Fsp3) is 0.0217. The predicted octanol–water partition coefficient (Wildman–Crippen LogP) is 11.1. The van der Waals surface area contributed by atoms with Crippen LogP contribution in [0, 0.1) is 0 Å². The minimum Gasteiger partial charge on any atom is -0.435 e. The number of aromatic nitrogens is 1. The molecule has 0 spiro atoms. The van der Waals surface area contributed by atoms with E-state index < -0.39 is 0 Å². The number of aliphatic imine (C=N–C) groups is 2. The maximum atomic E-state index is 6.30. The first-order valence-electron chi connectivity index (χ1n) is 17.1. The molecule has 0 aliphatic carbocycles. The first-order chi connectivity index (χ1) is 25.2. The van der Waals surface area contributed by atoms with E-state index in [9.17, 15) is 0 Å².